The highest BCUT2D eigenvalue weighted by Gasteiger charge is 2.30. The predicted molar refractivity (Wildman–Crippen MR) is 86.3 cm³/mol. The van der Waals surface area contributed by atoms with Gasteiger partial charge in [-0.15, -0.1) is 0 Å². The quantitative estimate of drug-likeness (QED) is 0.812. The van der Waals surface area contributed by atoms with Crippen molar-refractivity contribution in [3.05, 3.63) is 53.6 Å². The first-order chi connectivity index (χ1) is 11.7. The number of imidazole rings is 1. The Bertz CT molecular complexity index is 825. The molecule has 1 N–H and O–H groups in total. The Kier molecular flexibility index (Phi) is 4.88. The van der Waals surface area contributed by atoms with Crippen LogP contribution in [0.2, 0.25) is 0 Å². The maximum Gasteiger partial charge on any atom is 0.416 e. The lowest BCUT2D eigenvalue weighted by Crippen LogP contribution is -2.28. The van der Waals surface area contributed by atoms with Gasteiger partial charge in [-0.25, -0.2) is 18.1 Å². The first-order valence-electron chi connectivity index (χ1n) is 7.89. The van der Waals surface area contributed by atoms with Gasteiger partial charge in [-0.1, -0.05) is 12.1 Å². The molecule has 1 aliphatic rings. The first kappa shape index (κ1) is 17.9. The maximum atomic E-state index is 12.5. The number of benzene rings is 1. The topological polar surface area (TPSA) is 64.0 Å². The zero-order chi connectivity index (χ0) is 18.1. The largest absolute Gasteiger partial charge is 0.416 e. The number of nitrogens with one attached hydrogen (secondary N) is 1. The molecule has 0 radical (unpaired) electrons. The molecule has 1 saturated carbocycles. The van der Waals surface area contributed by atoms with Crippen molar-refractivity contribution in [2.75, 3.05) is 6.54 Å². The van der Waals surface area contributed by atoms with Crippen LogP contribution in [0.15, 0.2) is 36.7 Å². The van der Waals surface area contributed by atoms with Gasteiger partial charge in [0, 0.05) is 31.4 Å². The molecule has 3 rings (SSSR count). The van der Waals surface area contributed by atoms with Crippen molar-refractivity contribution in [1.82, 2.24) is 14.3 Å². The predicted octanol–water partition coefficient (Wildman–Crippen LogP) is 2.90. The molecule has 1 fully saturated rings. The van der Waals surface area contributed by atoms with Crippen LogP contribution >= 0.6 is 0 Å². The Hall–Kier alpha value is -1.87. The number of halogens is 3. The van der Waals surface area contributed by atoms with Crippen LogP contribution in [-0.2, 0) is 28.5 Å². The first-order valence-corrected chi connectivity index (χ1v) is 9.54. The van der Waals surface area contributed by atoms with E-state index in [1.165, 1.54) is 12.1 Å². The Labute approximate surface area is 143 Å². The van der Waals surface area contributed by atoms with Crippen molar-refractivity contribution in [2.45, 2.75) is 37.2 Å². The van der Waals surface area contributed by atoms with Crippen molar-refractivity contribution < 1.29 is 21.6 Å². The lowest BCUT2D eigenvalue weighted by atomic mass is 10.1. The molecule has 5 nitrogen and oxygen atoms in total. The van der Waals surface area contributed by atoms with Gasteiger partial charge < -0.3 is 4.57 Å². The van der Waals surface area contributed by atoms with Crippen molar-refractivity contribution in [3.63, 3.8) is 0 Å². The highest BCUT2D eigenvalue weighted by Crippen LogP contribution is 2.38. The van der Waals surface area contributed by atoms with E-state index in [2.05, 4.69) is 9.71 Å². The SMILES string of the molecule is O=S(=O)(Cc1ccc(C(F)(F)F)cc1)NCCn1ccnc1C1CC1. The second kappa shape index (κ2) is 6.80. The molecule has 1 aromatic heterocycles. The lowest BCUT2D eigenvalue weighted by molar-refractivity contribution is -0.137. The summed E-state index contributed by atoms with van der Waals surface area (Å²) in [6.45, 7) is 0.678. The van der Waals surface area contributed by atoms with Gasteiger partial charge in [-0.3, -0.25) is 0 Å². The number of aromatic nitrogens is 2. The van der Waals surface area contributed by atoms with Crippen LogP contribution in [0.5, 0.6) is 0 Å². The number of nitrogens with zero attached hydrogens (tertiary/aromatic N) is 2. The molecule has 25 heavy (non-hydrogen) atoms. The number of hydrogen-bond acceptors (Lipinski definition) is 3. The van der Waals surface area contributed by atoms with Crippen LogP contribution in [0.4, 0.5) is 13.2 Å². The van der Waals surface area contributed by atoms with Crippen LogP contribution in [0.25, 0.3) is 0 Å². The second-order valence-corrected chi connectivity index (χ2v) is 7.91. The van der Waals surface area contributed by atoms with Crippen LogP contribution < -0.4 is 4.72 Å². The molecular formula is C16H18F3N3O2S. The number of rotatable bonds is 7. The van der Waals surface area contributed by atoms with Gasteiger partial charge in [0.2, 0.25) is 10.0 Å². The third-order valence-electron chi connectivity index (χ3n) is 4.00. The summed E-state index contributed by atoms with van der Waals surface area (Å²) in [5.41, 5.74) is -0.490. The third kappa shape index (κ3) is 4.82. The number of alkyl halides is 3. The van der Waals surface area contributed by atoms with Gasteiger partial charge in [0.05, 0.1) is 11.3 Å². The minimum absolute atomic E-state index is 0.207. The molecule has 0 unspecified atom stereocenters. The molecule has 1 heterocycles. The Morgan fingerprint density at radius 3 is 2.48 bits per heavy atom. The summed E-state index contributed by atoms with van der Waals surface area (Å²) in [6.07, 6.45) is 1.30. The van der Waals surface area contributed by atoms with Crippen LogP contribution in [-0.4, -0.2) is 24.5 Å². The van der Waals surface area contributed by atoms with Gasteiger partial charge in [0.1, 0.15) is 5.82 Å². The zero-order valence-electron chi connectivity index (χ0n) is 13.3. The van der Waals surface area contributed by atoms with Crippen molar-refractivity contribution in [2.24, 2.45) is 0 Å². The van der Waals surface area contributed by atoms with E-state index >= 15 is 0 Å². The molecule has 2 aromatic rings. The number of hydrogen-bond donors (Lipinski definition) is 1. The van der Waals surface area contributed by atoms with Crippen LogP contribution in [0, 0.1) is 0 Å². The van der Waals surface area contributed by atoms with Crippen LogP contribution in [0.1, 0.15) is 35.7 Å². The zero-order valence-corrected chi connectivity index (χ0v) is 14.1. The molecule has 0 amide bonds. The molecule has 0 aliphatic heterocycles. The van der Waals surface area contributed by atoms with Gasteiger partial charge in [0.25, 0.3) is 0 Å². The van der Waals surface area contributed by atoms with E-state index in [1.807, 2.05) is 10.8 Å². The lowest BCUT2D eigenvalue weighted by Gasteiger charge is -2.10. The van der Waals surface area contributed by atoms with Crippen molar-refractivity contribution in [3.8, 4) is 0 Å². The Morgan fingerprint density at radius 2 is 1.88 bits per heavy atom. The molecule has 1 aromatic carbocycles. The third-order valence-corrected chi connectivity index (χ3v) is 5.36. The Balaban J connectivity index is 1.54. The molecule has 9 heteroatoms. The van der Waals surface area contributed by atoms with E-state index in [0.717, 1.165) is 30.8 Å². The minimum Gasteiger partial charge on any atom is -0.333 e. The summed E-state index contributed by atoms with van der Waals surface area (Å²) in [5, 5.41) is 0. The fraction of sp³-hybridized carbons (Fsp3) is 0.438. The summed E-state index contributed by atoms with van der Waals surface area (Å²) in [6, 6.07) is 4.14. The molecule has 0 atom stereocenters. The normalized spacial score (nSPS) is 15.5. The van der Waals surface area contributed by atoms with E-state index in [4.69, 9.17) is 0 Å². The molecule has 0 saturated heterocycles. The van der Waals surface area contributed by atoms with Gasteiger partial charge in [-0.05, 0) is 30.5 Å². The summed E-state index contributed by atoms with van der Waals surface area (Å²) < 4.78 is 66.1. The standard InChI is InChI=1S/C16H18F3N3O2S/c17-16(18,19)14-5-1-12(2-6-14)11-25(23,24)21-8-10-22-9-7-20-15(22)13-3-4-13/h1-2,5-7,9,13,21H,3-4,8,10-11H2. The smallest absolute Gasteiger partial charge is 0.333 e. The van der Waals surface area contributed by atoms with E-state index < -0.39 is 21.8 Å². The summed E-state index contributed by atoms with van der Waals surface area (Å²) in [5.74, 6) is 1.09. The average molecular weight is 373 g/mol. The van der Waals surface area contributed by atoms with E-state index in [9.17, 15) is 21.6 Å². The van der Waals surface area contributed by atoms with Gasteiger partial charge in [0.15, 0.2) is 0 Å². The minimum atomic E-state index is -4.43. The van der Waals surface area contributed by atoms with Gasteiger partial charge >= 0.3 is 6.18 Å². The van der Waals surface area contributed by atoms with Crippen molar-refractivity contribution >= 4 is 10.0 Å². The fourth-order valence-corrected chi connectivity index (χ4v) is 3.73. The molecular weight excluding hydrogens is 355 g/mol. The summed E-state index contributed by atoms with van der Waals surface area (Å²) >= 11 is 0. The second-order valence-electron chi connectivity index (χ2n) is 6.10. The Morgan fingerprint density at radius 1 is 1.20 bits per heavy atom. The fourth-order valence-electron chi connectivity index (χ4n) is 2.59. The molecule has 136 valence electrons. The summed E-state index contributed by atoms with van der Waals surface area (Å²) in [7, 11) is -3.62. The molecule has 0 spiro atoms. The molecule has 0 bridgehead atoms. The average Bonchev–Trinajstić information content (AvgIpc) is 3.26. The molecule has 1 aliphatic carbocycles. The van der Waals surface area contributed by atoms with E-state index in [1.54, 1.807) is 6.20 Å². The van der Waals surface area contributed by atoms with Gasteiger partial charge in [-0.2, -0.15) is 13.2 Å². The van der Waals surface area contributed by atoms with E-state index in [-0.39, 0.29) is 12.3 Å². The number of sulfonamides is 1. The van der Waals surface area contributed by atoms with Crippen LogP contribution in [0.3, 0.4) is 0 Å². The monoisotopic (exact) mass is 373 g/mol. The highest BCUT2D eigenvalue weighted by molar-refractivity contribution is 7.88. The van der Waals surface area contributed by atoms with E-state index in [0.29, 0.717) is 18.0 Å². The maximum absolute atomic E-state index is 12.5. The highest BCUT2D eigenvalue weighted by atomic mass is 32.2. The summed E-state index contributed by atoms with van der Waals surface area (Å²) in [4.78, 5) is 4.28. The van der Waals surface area contributed by atoms with Crippen molar-refractivity contribution in [1.29, 1.82) is 0 Å².